The topological polar surface area (TPSA) is 44.8 Å². The zero-order valence-corrected chi connectivity index (χ0v) is 15.7. The Kier molecular flexibility index (Phi) is 5.97. The number of carbonyl (C=O) groups is 1. The summed E-state index contributed by atoms with van der Waals surface area (Å²) in [6.07, 6.45) is 2.16. The SMILES string of the molecule is CC1(C)C(OC=CCF)C1C(=O)OCc1ccc(F)c(Oc2ccccc2)c1. The van der Waals surface area contributed by atoms with Gasteiger partial charge in [0.25, 0.3) is 0 Å². The molecule has 1 aliphatic carbocycles. The minimum Gasteiger partial charge on any atom is -0.497 e. The van der Waals surface area contributed by atoms with Gasteiger partial charge in [0.2, 0.25) is 0 Å². The highest BCUT2D eigenvalue weighted by molar-refractivity contribution is 5.78. The molecule has 2 atom stereocenters. The van der Waals surface area contributed by atoms with Crippen LogP contribution in [0, 0.1) is 17.2 Å². The van der Waals surface area contributed by atoms with Crippen molar-refractivity contribution in [3.05, 3.63) is 72.2 Å². The number of rotatable bonds is 8. The molecule has 2 aromatic rings. The van der Waals surface area contributed by atoms with Crippen molar-refractivity contribution < 1.29 is 27.8 Å². The standard InChI is InChI=1S/C22H22F2O4/c1-22(2)19(20(22)26-12-6-11-23)21(25)27-14-15-9-10-17(24)18(13-15)28-16-7-4-3-5-8-16/h3-10,12-13,19-20H,11,14H2,1-2H3. The molecule has 3 rings (SSSR count). The van der Waals surface area contributed by atoms with Crippen LogP contribution in [-0.2, 0) is 20.9 Å². The maximum Gasteiger partial charge on any atom is 0.313 e. The molecule has 1 saturated carbocycles. The zero-order valence-electron chi connectivity index (χ0n) is 15.7. The van der Waals surface area contributed by atoms with E-state index in [2.05, 4.69) is 0 Å². The molecule has 28 heavy (non-hydrogen) atoms. The first-order chi connectivity index (χ1) is 13.4. The van der Waals surface area contributed by atoms with E-state index in [1.54, 1.807) is 24.3 Å². The molecule has 0 saturated heterocycles. The summed E-state index contributed by atoms with van der Waals surface area (Å²) in [6, 6.07) is 13.2. The molecule has 148 valence electrons. The normalized spacial score (nSPS) is 20.0. The lowest BCUT2D eigenvalue weighted by Gasteiger charge is -2.10. The summed E-state index contributed by atoms with van der Waals surface area (Å²) in [7, 11) is 0. The van der Waals surface area contributed by atoms with Crippen molar-refractivity contribution >= 4 is 5.97 Å². The zero-order chi connectivity index (χ0) is 20.1. The largest absolute Gasteiger partial charge is 0.497 e. The summed E-state index contributed by atoms with van der Waals surface area (Å²) in [5.41, 5.74) is 0.219. The van der Waals surface area contributed by atoms with Crippen LogP contribution >= 0.6 is 0 Å². The van der Waals surface area contributed by atoms with Crippen LogP contribution in [0.4, 0.5) is 8.78 Å². The molecule has 0 spiro atoms. The van der Waals surface area contributed by atoms with E-state index in [1.807, 2.05) is 19.9 Å². The lowest BCUT2D eigenvalue weighted by Crippen LogP contribution is -2.11. The summed E-state index contributed by atoms with van der Waals surface area (Å²) < 4.78 is 42.5. The van der Waals surface area contributed by atoms with Crippen molar-refractivity contribution in [2.45, 2.75) is 26.6 Å². The number of ether oxygens (including phenoxy) is 3. The fourth-order valence-corrected chi connectivity index (χ4v) is 3.02. The Morgan fingerprint density at radius 1 is 1.18 bits per heavy atom. The monoisotopic (exact) mass is 388 g/mol. The van der Waals surface area contributed by atoms with Crippen LogP contribution in [0.15, 0.2) is 60.9 Å². The first kappa shape index (κ1) is 19.9. The number of halogens is 2. The van der Waals surface area contributed by atoms with Gasteiger partial charge in [-0.1, -0.05) is 38.1 Å². The summed E-state index contributed by atoms with van der Waals surface area (Å²) in [5.74, 6) is -0.771. The highest BCUT2D eigenvalue weighted by Gasteiger charge is 2.65. The third-order valence-corrected chi connectivity index (χ3v) is 4.74. The van der Waals surface area contributed by atoms with Crippen LogP contribution in [0.5, 0.6) is 11.5 Å². The number of hydrogen-bond donors (Lipinski definition) is 0. The van der Waals surface area contributed by atoms with Crippen molar-refractivity contribution in [1.82, 2.24) is 0 Å². The molecule has 0 heterocycles. The Balaban J connectivity index is 1.59. The first-order valence-electron chi connectivity index (χ1n) is 8.98. The molecule has 0 amide bonds. The molecular formula is C22H22F2O4. The van der Waals surface area contributed by atoms with Crippen LogP contribution in [0.25, 0.3) is 0 Å². The summed E-state index contributed by atoms with van der Waals surface area (Å²) >= 11 is 0. The Labute approximate surface area is 162 Å². The minimum atomic E-state index is -0.625. The number of benzene rings is 2. The summed E-state index contributed by atoms with van der Waals surface area (Å²) in [5, 5.41) is 0. The van der Waals surface area contributed by atoms with E-state index in [4.69, 9.17) is 14.2 Å². The van der Waals surface area contributed by atoms with Crippen LogP contribution in [0.3, 0.4) is 0 Å². The summed E-state index contributed by atoms with van der Waals surface area (Å²) in [6.45, 7) is 3.14. The third kappa shape index (κ3) is 4.50. The number of para-hydroxylation sites is 1. The average molecular weight is 388 g/mol. The number of allylic oxidation sites excluding steroid dienone is 1. The van der Waals surface area contributed by atoms with E-state index >= 15 is 0 Å². The van der Waals surface area contributed by atoms with Gasteiger partial charge < -0.3 is 14.2 Å². The van der Waals surface area contributed by atoms with Gasteiger partial charge in [0.1, 0.15) is 31.1 Å². The van der Waals surface area contributed by atoms with Gasteiger partial charge >= 0.3 is 5.97 Å². The molecule has 1 fully saturated rings. The van der Waals surface area contributed by atoms with Crippen LogP contribution in [0.2, 0.25) is 0 Å². The molecule has 0 radical (unpaired) electrons. The maximum atomic E-state index is 14.0. The molecule has 1 aliphatic rings. The Morgan fingerprint density at radius 3 is 2.64 bits per heavy atom. The molecule has 0 aromatic heterocycles. The van der Waals surface area contributed by atoms with Crippen molar-refractivity contribution in [2.24, 2.45) is 11.3 Å². The first-order valence-corrected chi connectivity index (χ1v) is 8.98. The molecule has 0 bridgehead atoms. The Bertz CT molecular complexity index is 849. The van der Waals surface area contributed by atoms with Crippen molar-refractivity contribution in [1.29, 1.82) is 0 Å². The van der Waals surface area contributed by atoms with Gasteiger partial charge in [-0.15, -0.1) is 0 Å². The predicted molar refractivity (Wildman–Crippen MR) is 100.0 cm³/mol. The number of alkyl halides is 1. The molecule has 2 aromatic carbocycles. The van der Waals surface area contributed by atoms with Gasteiger partial charge in [-0.2, -0.15) is 0 Å². The van der Waals surface area contributed by atoms with Gasteiger partial charge in [-0.3, -0.25) is 4.79 Å². The van der Waals surface area contributed by atoms with E-state index < -0.39 is 24.4 Å². The fourth-order valence-electron chi connectivity index (χ4n) is 3.02. The van der Waals surface area contributed by atoms with E-state index in [1.165, 1.54) is 30.5 Å². The second kappa shape index (κ2) is 8.42. The van der Waals surface area contributed by atoms with Gasteiger partial charge in [-0.25, -0.2) is 8.78 Å². The smallest absolute Gasteiger partial charge is 0.313 e. The number of hydrogen-bond acceptors (Lipinski definition) is 4. The predicted octanol–water partition coefficient (Wildman–Crippen LogP) is 5.19. The van der Waals surface area contributed by atoms with Gasteiger partial charge in [-0.05, 0) is 35.9 Å². The quantitative estimate of drug-likeness (QED) is 0.461. The lowest BCUT2D eigenvalue weighted by atomic mass is 10.1. The van der Waals surface area contributed by atoms with Gasteiger partial charge in [0.15, 0.2) is 11.6 Å². The second-order valence-corrected chi connectivity index (χ2v) is 7.17. The molecule has 2 unspecified atom stereocenters. The second-order valence-electron chi connectivity index (χ2n) is 7.17. The third-order valence-electron chi connectivity index (χ3n) is 4.74. The van der Waals surface area contributed by atoms with Crippen molar-refractivity contribution in [3.8, 4) is 11.5 Å². The number of carbonyl (C=O) groups excluding carboxylic acids is 1. The van der Waals surface area contributed by atoms with Crippen molar-refractivity contribution in [3.63, 3.8) is 0 Å². The Hall–Kier alpha value is -2.89. The highest BCUT2D eigenvalue weighted by atomic mass is 19.1. The van der Waals surface area contributed by atoms with Crippen LogP contribution in [-0.4, -0.2) is 18.7 Å². The van der Waals surface area contributed by atoms with Gasteiger partial charge in [0, 0.05) is 5.41 Å². The molecule has 0 N–H and O–H groups in total. The highest BCUT2D eigenvalue weighted by Crippen LogP contribution is 2.54. The van der Waals surface area contributed by atoms with Crippen LogP contribution < -0.4 is 4.74 Å². The van der Waals surface area contributed by atoms with Gasteiger partial charge in [0.05, 0.1) is 6.26 Å². The molecule has 0 aliphatic heterocycles. The minimum absolute atomic E-state index is 0.0100. The van der Waals surface area contributed by atoms with E-state index in [0.717, 1.165) is 0 Å². The maximum absolute atomic E-state index is 14.0. The summed E-state index contributed by atoms with van der Waals surface area (Å²) in [4.78, 5) is 12.4. The van der Waals surface area contributed by atoms with Crippen molar-refractivity contribution in [2.75, 3.05) is 6.67 Å². The molecular weight excluding hydrogens is 366 g/mol. The molecule has 6 heteroatoms. The van der Waals surface area contributed by atoms with E-state index in [9.17, 15) is 13.6 Å². The lowest BCUT2D eigenvalue weighted by molar-refractivity contribution is -0.148. The average Bonchev–Trinajstić information content (AvgIpc) is 3.23. The van der Waals surface area contributed by atoms with Crippen LogP contribution in [0.1, 0.15) is 19.4 Å². The molecule has 4 nitrogen and oxygen atoms in total. The van der Waals surface area contributed by atoms with E-state index in [0.29, 0.717) is 11.3 Å². The van der Waals surface area contributed by atoms with E-state index in [-0.39, 0.29) is 23.9 Å². The Morgan fingerprint density at radius 2 is 1.93 bits per heavy atom. The fraction of sp³-hybridized carbons (Fsp3) is 0.318. The number of esters is 1.